The first kappa shape index (κ1) is 14.8. The summed E-state index contributed by atoms with van der Waals surface area (Å²) in [6.45, 7) is 4.05. The number of amides is 1. The number of carbonyl (C=O) groups excluding carboxylic acids is 1. The van der Waals surface area contributed by atoms with Gasteiger partial charge >= 0.3 is 6.09 Å². The number of cyclic esters (lactones) is 1. The minimum absolute atomic E-state index is 0.0752. The Labute approximate surface area is 118 Å². The van der Waals surface area contributed by atoms with Crippen molar-refractivity contribution in [2.24, 2.45) is 0 Å². The van der Waals surface area contributed by atoms with Crippen LogP contribution in [0.5, 0.6) is 0 Å². The second-order valence-corrected chi connectivity index (χ2v) is 6.74. The number of nitrogens with zero attached hydrogens (tertiary/aromatic N) is 1. The van der Waals surface area contributed by atoms with Crippen LogP contribution in [0.3, 0.4) is 0 Å². The van der Waals surface area contributed by atoms with Crippen LogP contribution in [0.1, 0.15) is 11.1 Å². The maximum Gasteiger partial charge on any atom is 0.410 e. The van der Waals surface area contributed by atoms with E-state index in [0.717, 1.165) is 5.56 Å². The van der Waals surface area contributed by atoms with Crippen LogP contribution >= 0.6 is 0 Å². The summed E-state index contributed by atoms with van der Waals surface area (Å²) in [5, 5.41) is 0. The van der Waals surface area contributed by atoms with Gasteiger partial charge in [0.15, 0.2) is 0 Å². The summed E-state index contributed by atoms with van der Waals surface area (Å²) in [5.74, 6) is 0. The second kappa shape index (κ2) is 5.41. The van der Waals surface area contributed by atoms with E-state index in [1.807, 2.05) is 13.0 Å². The van der Waals surface area contributed by atoms with Crippen LogP contribution in [0.2, 0.25) is 0 Å². The Morgan fingerprint density at radius 1 is 1.40 bits per heavy atom. The third-order valence-electron chi connectivity index (χ3n) is 3.19. The summed E-state index contributed by atoms with van der Waals surface area (Å²) >= 11 is 0. The Kier molecular flexibility index (Phi) is 4.01. The van der Waals surface area contributed by atoms with Gasteiger partial charge in [-0.05, 0) is 31.0 Å². The fourth-order valence-electron chi connectivity index (χ4n) is 2.03. The molecule has 0 aliphatic carbocycles. The normalized spacial score (nSPS) is 19.2. The monoisotopic (exact) mass is 298 g/mol. The third-order valence-corrected chi connectivity index (χ3v) is 4.76. The zero-order valence-corrected chi connectivity index (χ0v) is 12.5. The predicted octanol–water partition coefficient (Wildman–Crippen LogP) is 1.03. The molecule has 0 spiro atoms. The number of nitrogens with one attached hydrogen (secondary N) is 1. The van der Waals surface area contributed by atoms with Crippen molar-refractivity contribution < 1.29 is 17.9 Å². The fraction of sp³-hybridized carbons (Fsp3) is 0.462. The van der Waals surface area contributed by atoms with E-state index in [4.69, 9.17) is 4.74 Å². The van der Waals surface area contributed by atoms with E-state index in [1.54, 1.807) is 26.1 Å². The Balaban J connectivity index is 2.08. The van der Waals surface area contributed by atoms with E-state index in [-0.39, 0.29) is 11.4 Å². The average molecular weight is 298 g/mol. The predicted molar refractivity (Wildman–Crippen MR) is 74.0 cm³/mol. The maximum atomic E-state index is 12.3. The van der Waals surface area contributed by atoms with Gasteiger partial charge in [0, 0.05) is 13.6 Å². The summed E-state index contributed by atoms with van der Waals surface area (Å²) in [5.41, 5.74) is 1.56. The van der Waals surface area contributed by atoms with Gasteiger partial charge in [-0.3, -0.25) is 0 Å². The molecule has 0 radical (unpaired) electrons. The average Bonchev–Trinajstić information content (AvgIpc) is 2.69. The lowest BCUT2D eigenvalue weighted by molar-refractivity contribution is 0.135. The first-order valence-corrected chi connectivity index (χ1v) is 7.76. The lowest BCUT2D eigenvalue weighted by Crippen LogP contribution is -2.34. The summed E-state index contributed by atoms with van der Waals surface area (Å²) in [4.78, 5) is 12.9. The standard InChI is InChI=1S/C13H18N2O4S/c1-9-4-5-10(2)12(6-9)20(17,18)14-7-11-8-15(3)13(16)19-11/h4-6,11,14H,7-8H2,1-3H3. The van der Waals surface area contributed by atoms with Crippen molar-refractivity contribution in [3.63, 3.8) is 0 Å². The molecule has 20 heavy (non-hydrogen) atoms. The Hall–Kier alpha value is -1.60. The van der Waals surface area contributed by atoms with Crippen molar-refractivity contribution in [3.05, 3.63) is 29.3 Å². The SMILES string of the molecule is Cc1ccc(C)c(S(=O)(=O)NCC2CN(C)C(=O)O2)c1. The molecule has 1 aromatic rings. The van der Waals surface area contributed by atoms with Crippen LogP contribution in [0, 0.1) is 13.8 Å². The van der Waals surface area contributed by atoms with Gasteiger partial charge in [-0.15, -0.1) is 0 Å². The Bertz CT molecular complexity index is 627. The highest BCUT2D eigenvalue weighted by molar-refractivity contribution is 7.89. The lowest BCUT2D eigenvalue weighted by atomic mass is 10.2. The van der Waals surface area contributed by atoms with Crippen molar-refractivity contribution in [1.29, 1.82) is 0 Å². The van der Waals surface area contributed by atoms with Crippen LogP contribution in [0.4, 0.5) is 4.79 Å². The number of rotatable bonds is 4. The van der Waals surface area contributed by atoms with Gasteiger partial charge in [0.2, 0.25) is 10.0 Å². The van der Waals surface area contributed by atoms with Crippen molar-refractivity contribution in [3.8, 4) is 0 Å². The first-order chi connectivity index (χ1) is 9.29. The third kappa shape index (κ3) is 3.10. The van der Waals surface area contributed by atoms with Crippen LogP contribution in [0.15, 0.2) is 23.1 Å². The number of hydrogen-bond donors (Lipinski definition) is 1. The smallest absolute Gasteiger partial charge is 0.410 e. The summed E-state index contributed by atoms with van der Waals surface area (Å²) in [7, 11) is -1.98. The number of benzene rings is 1. The van der Waals surface area contributed by atoms with Gasteiger partial charge in [-0.25, -0.2) is 17.9 Å². The molecule has 1 fully saturated rings. The summed E-state index contributed by atoms with van der Waals surface area (Å²) in [6, 6.07) is 5.26. The van der Waals surface area contributed by atoms with Gasteiger partial charge in [0.25, 0.3) is 0 Å². The van der Waals surface area contributed by atoms with E-state index in [0.29, 0.717) is 12.1 Å². The molecule has 0 saturated carbocycles. The minimum Gasteiger partial charge on any atom is -0.443 e. The number of aryl methyl sites for hydroxylation is 2. The zero-order valence-electron chi connectivity index (χ0n) is 11.7. The van der Waals surface area contributed by atoms with Crippen molar-refractivity contribution in [2.75, 3.05) is 20.1 Å². The topological polar surface area (TPSA) is 75.7 Å². The first-order valence-electron chi connectivity index (χ1n) is 6.28. The second-order valence-electron chi connectivity index (χ2n) is 5.01. The van der Waals surface area contributed by atoms with Crippen molar-refractivity contribution in [1.82, 2.24) is 9.62 Å². The summed E-state index contributed by atoms with van der Waals surface area (Å²) < 4.78 is 32.0. The molecule has 6 nitrogen and oxygen atoms in total. The minimum atomic E-state index is -3.60. The number of ether oxygens (including phenoxy) is 1. The lowest BCUT2D eigenvalue weighted by Gasteiger charge is -2.12. The molecule has 1 amide bonds. The van der Waals surface area contributed by atoms with Gasteiger partial charge in [0.1, 0.15) is 6.10 Å². The van der Waals surface area contributed by atoms with Crippen LogP contribution < -0.4 is 4.72 Å². The molecule has 1 aliphatic heterocycles. The molecule has 0 aromatic heterocycles. The summed E-state index contributed by atoms with van der Waals surface area (Å²) in [6.07, 6.45) is -0.881. The fourth-order valence-corrected chi connectivity index (χ4v) is 3.43. The Morgan fingerprint density at radius 2 is 2.10 bits per heavy atom. The number of hydrogen-bond acceptors (Lipinski definition) is 4. The van der Waals surface area contributed by atoms with Crippen LogP contribution in [-0.4, -0.2) is 45.7 Å². The highest BCUT2D eigenvalue weighted by Crippen LogP contribution is 2.17. The van der Waals surface area contributed by atoms with E-state index < -0.39 is 22.2 Å². The molecule has 7 heteroatoms. The maximum absolute atomic E-state index is 12.3. The number of likely N-dealkylation sites (N-methyl/N-ethyl adjacent to an activating group) is 1. The van der Waals surface area contributed by atoms with Gasteiger partial charge in [-0.2, -0.15) is 0 Å². The molecule has 1 aromatic carbocycles. The Morgan fingerprint density at radius 3 is 2.70 bits per heavy atom. The van der Waals surface area contributed by atoms with E-state index in [1.165, 1.54) is 4.90 Å². The molecule has 1 unspecified atom stereocenters. The van der Waals surface area contributed by atoms with Gasteiger partial charge < -0.3 is 9.64 Å². The van der Waals surface area contributed by atoms with E-state index in [2.05, 4.69) is 4.72 Å². The van der Waals surface area contributed by atoms with Crippen molar-refractivity contribution in [2.45, 2.75) is 24.8 Å². The molecular formula is C13H18N2O4S. The molecule has 1 aliphatic rings. The largest absolute Gasteiger partial charge is 0.443 e. The van der Waals surface area contributed by atoms with Crippen molar-refractivity contribution >= 4 is 16.1 Å². The molecular weight excluding hydrogens is 280 g/mol. The highest BCUT2D eigenvalue weighted by Gasteiger charge is 2.29. The molecule has 0 bridgehead atoms. The molecule has 110 valence electrons. The molecule has 2 rings (SSSR count). The van der Waals surface area contributed by atoms with Crippen LogP contribution in [-0.2, 0) is 14.8 Å². The molecule has 1 N–H and O–H groups in total. The van der Waals surface area contributed by atoms with E-state index in [9.17, 15) is 13.2 Å². The molecule has 1 atom stereocenters. The van der Waals surface area contributed by atoms with Gasteiger partial charge in [0.05, 0.1) is 11.4 Å². The number of sulfonamides is 1. The zero-order chi connectivity index (χ0) is 14.9. The van der Waals surface area contributed by atoms with Gasteiger partial charge in [-0.1, -0.05) is 12.1 Å². The highest BCUT2D eigenvalue weighted by atomic mass is 32.2. The van der Waals surface area contributed by atoms with E-state index >= 15 is 0 Å². The molecule has 1 heterocycles. The quantitative estimate of drug-likeness (QED) is 0.901. The molecule has 1 saturated heterocycles. The number of carbonyl (C=O) groups is 1. The van der Waals surface area contributed by atoms with Crippen LogP contribution in [0.25, 0.3) is 0 Å².